The number of nitrogens with two attached hydrogens (primary N) is 1. The highest BCUT2D eigenvalue weighted by molar-refractivity contribution is 5.79. The summed E-state index contributed by atoms with van der Waals surface area (Å²) in [6.45, 7) is 5.59. The van der Waals surface area contributed by atoms with E-state index in [4.69, 9.17) is 10.7 Å². The molecule has 1 aliphatic rings. The molecule has 0 spiro atoms. The number of imidazole rings is 1. The summed E-state index contributed by atoms with van der Waals surface area (Å²) in [5, 5.41) is 0. The molecule has 0 amide bonds. The van der Waals surface area contributed by atoms with Gasteiger partial charge in [0.1, 0.15) is 5.82 Å². The van der Waals surface area contributed by atoms with Crippen LogP contribution in [0, 0.1) is 5.92 Å². The second kappa shape index (κ2) is 5.47. The Labute approximate surface area is 121 Å². The summed E-state index contributed by atoms with van der Waals surface area (Å²) < 4.78 is 2.44. The molecule has 1 aliphatic carbocycles. The Kier molecular flexibility index (Phi) is 3.68. The van der Waals surface area contributed by atoms with Crippen LogP contribution in [-0.4, -0.2) is 9.55 Å². The molecule has 0 atom stereocenters. The second-order valence-corrected chi connectivity index (χ2v) is 6.56. The molecule has 1 heterocycles. The van der Waals surface area contributed by atoms with Crippen LogP contribution >= 0.6 is 0 Å². The smallest absolute Gasteiger partial charge is 0.112 e. The fraction of sp³-hybridized carbons (Fsp3) is 0.588. The minimum absolute atomic E-state index is 0.632. The largest absolute Gasteiger partial charge is 0.399 e. The van der Waals surface area contributed by atoms with Gasteiger partial charge in [0.25, 0.3) is 0 Å². The SMILES string of the molecule is CC(C)Cn1c(C2CCCCC2)nc2cc(N)ccc21. The Morgan fingerprint density at radius 3 is 2.70 bits per heavy atom. The van der Waals surface area contributed by atoms with Gasteiger partial charge in [0.2, 0.25) is 0 Å². The minimum Gasteiger partial charge on any atom is -0.399 e. The third-order valence-corrected chi connectivity index (χ3v) is 4.32. The summed E-state index contributed by atoms with van der Waals surface area (Å²) in [6, 6.07) is 6.14. The van der Waals surface area contributed by atoms with Gasteiger partial charge >= 0.3 is 0 Å². The summed E-state index contributed by atoms with van der Waals surface area (Å²) >= 11 is 0. The van der Waals surface area contributed by atoms with Gasteiger partial charge < -0.3 is 10.3 Å². The molecule has 0 saturated heterocycles. The highest BCUT2D eigenvalue weighted by Gasteiger charge is 2.22. The zero-order valence-corrected chi connectivity index (χ0v) is 12.6. The number of nitrogen functional groups attached to an aromatic ring is 1. The Morgan fingerprint density at radius 1 is 1.25 bits per heavy atom. The number of hydrogen-bond donors (Lipinski definition) is 1. The molecule has 3 nitrogen and oxygen atoms in total. The van der Waals surface area contributed by atoms with E-state index < -0.39 is 0 Å². The van der Waals surface area contributed by atoms with Crippen molar-refractivity contribution in [2.45, 2.75) is 58.4 Å². The van der Waals surface area contributed by atoms with Crippen LogP contribution in [0.2, 0.25) is 0 Å². The second-order valence-electron chi connectivity index (χ2n) is 6.56. The molecule has 0 aliphatic heterocycles. The van der Waals surface area contributed by atoms with E-state index in [0.717, 1.165) is 17.7 Å². The molecular formula is C17H25N3. The summed E-state index contributed by atoms with van der Waals surface area (Å²) in [4.78, 5) is 4.93. The normalized spacial score (nSPS) is 17.1. The van der Waals surface area contributed by atoms with Crippen molar-refractivity contribution in [1.82, 2.24) is 9.55 Å². The van der Waals surface area contributed by atoms with Crippen molar-refractivity contribution in [3.05, 3.63) is 24.0 Å². The van der Waals surface area contributed by atoms with Crippen molar-refractivity contribution in [2.75, 3.05) is 5.73 Å². The first-order valence-electron chi connectivity index (χ1n) is 7.91. The Morgan fingerprint density at radius 2 is 2.00 bits per heavy atom. The maximum atomic E-state index is 5.91. The van der Waals surface area contributed by atoms with Crippen molar-refractivity contribution in [1.29, 1.82) is 0 Å². The molecule has 1 fully saturated rings. The van der Waals surface area contributed by atoms with E-state index in [1.165, 1.54) is 43.4 Å². The average molecular weight is 271 g/mol. The average Bonchev–Trinajstić information content (AvgIpc) is 2.77. The summed E-state index contributed by atoms with van der Waals surface area (Å²) in [7, 11) is 0. The molecule has 20 heavy (non-hydrogen) atoms. The van der Waals surface area contributed by atoms with E-state index in [0.29, 0.717) is 11.8 Å². The molecule has 2 N–H and O–H groups in total. The van der Waals surface area contributed by atoms with Gasteiger partial charge in [0, 0.05) is 18.2 Å². The Bertz CT molecular complexity index is 592. The summed E-state index contributed by atoms with van der Waals surface area (Å²) in [6.07, 6.45) is 6.65. The van der Waals surface area contributed by atoms with Crippen LogP contribution in [0.5, 0.6) is 0 Å². The lowest BCUT2D eigenvalue weighted by Gasteiger charge is -2.23. The van der Waals surface area contributed by atoms with E-state index in [1.54, 1.807) is 0 Å². The first-order chi connectivity index (χ1) is 9.65. The van der Waals surface area contributed by atoms with Crippen LogP contribution in [0.1, 0.15) is 57.7 Å². The standard InChI is InChI=1S/C17H25N3/c1-12(2)11-20-16-9-8-14(18)10-15(16)19-17(20)13-6-4-3-5-7-13/h8-10,12-13H,3-7,11,18H2,1-2H3. The van der Waals surface area contributed by atoms with Crippen LogP contribution in [0.4, 0.5) is 5.69 Å². The fourth-order valence-corrected chi connectivity index (χ4v) is 3.39. The van der Waals surface area contributed by atoms with E-state index >= 15 is 0 Å². The maximum Gasteiger partial charge on any atom is 0.112 e. The summed E-state index contributed by atoms with van der Waals surface area (Å²) in [5.74, 6) is 2.56. The van der Waals surface area contributed by atoms with Crippen molar-refractivity contribution >= 4 is 16.7 Å². The number of aromatic nitrogens is 2. The van der Waals surface area contributed by atoms with Gasteiger partial charge in [-0.25, -0.2) is 4.98 Å². The Balaban J connectivity index is 2.08. The molecule has 1 aromatic heterocycles. The van der Waals surface area contributed by atoms with E-state index in [1.807, 2.05) is 12.1 Å². The van der Waals surface area contributed by atoms with Crippen molar-refractivity contribution in [3.63, 3.8) is 0 Å². The molecule has 0 bridgehead atoms. The first-order valence-corrected chi connectivity index (χ1v) is 7.91. The van der Waals surface area contributed by atoms with Crippen LogP contribution < -0.4 is 5.73 Å². The van der Waals surface area contributed by atoms with Gasteiger partial charge in [-0.05, 0) is 37.0 Å². The molecular weight excluding hydrogens is 246 g/mol. The van der Waals surface area contributed by atoms with Crippen molar-refractivity contribution < 1.29 is 0 Å². The predicted molar refractivity (Wildman–Crippen MR) is 84.8 cm³/mol. The molecule has 3 heteroatoms. The maximum absolute atomic E-state index is 5.91. The van der Waals surface area contributed by atoms with Crippen LogP contribution in [-0.2, 0) is 6.54 Å². The van der Waals surface area contributed by atoms with Crippen LogP contribution in [0.3, 0.4) is 0 Å². The predicted octanol–water partition coefficient (Wildman–Crippen LogP) is 4.32. The quantitative estimate of drug-likeness (QED) is 0.845. The summed E-state index contributed by atoms with van der Waals surface area (Å²) in [5.41, 5.74) is 9.03. The molecule has 0 unspecified atom stereocenters. The number of hydrogen-bond acceptors (Lipinski definition) is 2. The van der Waals surface area contributed by atoms with E-state index in [9.17, 15) is 0 Å². The van der Waals surface area contributed by atoms with Gasteiger partial charge in [-0.2, -0.15) is 0 Å². The van der Waals surface area contributed by atoms with Crippen molar-refractivity contribution in [3.8, 4) is 0 Å². The van der Waals surface area contributed by atoms with Crippen LogP contribution in [0.15, 0.2) is 18.2 Å². The van der Waals surface area contributed by atoms with Gasteiger partial charge in [-0.15, -0.1) is 0 Å². The van der Waals surface area contributed by atoms with Gasteiger partial charge in [0.15, 0.2) is 0 Å². The number of rotatable bonds is 3. The topological polar surface area (TPSA) is 43.8 Å². The Hall–Kier alpha value is -1.51. The third kappa shape index (κ3) is 2.54. The molecule has 2 aromatic rings. The zero-order chi connectivity index (χ0) is 14.1. The fourth-order valence-electron chi connectivity index (χ4n) is 3.39. The number of anilines is 1. The van der Waals surface area contributed by atoms with E-state index in [2.05, 4.69) is 24.5 Å². The minimum atomic E-state index is 0.632. The number of fused-ring (bicyclic) bond motifs is 1. The lowest BCUT2D eigenvalue weighted by molar-refractivity contribution is 0.406. The monoisotopic (exact) mass is 271 g/mol. The van der Waals surface area contributed by atoms with Gasteiger partial charge in [-0.3, -0.25) is 0 Å². The van der Waals surface area contributed by atoms with Crippen molar-refractivity contribution in [2.24, 2.45) is 5.92 Å². The lowest BCUT2D eigenvalue weighted by Crippen LogP contribution is -2.14. The van der Waals surface area contributed by atoms with Crippen LogP contribution in [0.25, 0.3) is 11.0 Å². The van der Waals surface area contributed by atoms with E-state index in [-0.39, 0.29) is 0 Å². The highest BCUT2D eigenvalue weighted by atomic mass is 15.1. The van der Waals surface area contributed by atoms with Gasteiger partial charge in [-0.1, -0.05) is 33.1 Å². The molecule has 0 radical (unpaired) electrons. The molecule has 1 saturated carbocycles. The lowest BCUT2D eigenvalue weighted by atomic mass is 9.88. The number of nitrogens with zero attached hydrogens (tertiary/aromatic N) is 2. The highest BCUT2D eigenvalue weighted by Crippen LogP contribution is 2.34. The number of benzene rings is 1. The zero-order valence-electron chi connectivity index (χ0n) is 12.6. The molecule has 3 rings (SSSR count). The molecule has 108 valence electrons. The first kappa shape index (κ1) is 13.5. The van der Waals surface area contributed by atoms with Gasteiger partial charge in [0.05, 0.1) is 11.0 Å². The molecule has 1 aromatic carbocycles. The third-order valence-electron chi connectivity index (χ3n) is 4.32.